The van der Waals surface area contributed by atoms with Crippen molar-refractivity contribution in [2.24, 2.45) is 0 Å². The van der Waals surface area contributed by atoms with E-state index in [0.717, 1.165) is 11.1 Å². The van der Waals surface area contributed by atoms with Crippen LogP contribution in [0.3, 0.4) is 0 Å². The van der Waals surface area contributed by atoms with E-state index in [1.54, 1.807) is 14.2 Å². The summed E-state index contributed by atoms with van der Waals surface area (Å²) in [7, 11) is 3.10. The van der Waals surface area contributed by atoms with Crippen LogP contribution in [0.15, 0.2) is 54.6 Å². The number of hydrogen-bond acceptors (Lipinski definition) is 4. The van der Waals surface area contributed by atoms with E-state index in [2.05, 4.69) is 5.32 Å². The Morgan fingerprint density at radius 2 is 1.60 bits per heavy atom. The Morgan fingerprint density at radius 1 is 0.960 bits per heavy atom. The van der Waals surface area contributed by atoms with Crippen molar-refractivity contribution in [1.29, 1.82) is 0 Å². The molecule has 1 atom stereocenters. The third-order valence-electron chi connectivity index (χ3n) is 3.89. The van der Waals surface area contributed by atoms with Gasteiger partial charge in [-0.15, -0.1) is 0 Å². The largest absolute Gasteiger partial charge is 0.445 e. The van der Waals surface area contributed by atoms with Crippen LogP contribution >= 0.6 is 0 Å². The number of hydrogen-bond donors (Lipinski definition) is 1. The van der Waals surface area contributed by atoms with Gasteiger partial charge in [-0.25, -0.2) is 4.79 Å². The summed E-state index contributed by atoms with van der Waals surface area (Å²) >= 11 is 0. The van der Waals surface area contributed by atoms with E-state index in [0.29, 0.717) is 6.42 Å². The summed E-state index contributed by atoms with van der Waals surface area (Å²) in [6, 6.07) is 17.3. The molecule has 0 aromatic heterocycles. The molecule has 5 heteroatoms. The van der Waals surface area contributed by atoms with Crippen molar-refractivity contribution in [3.05, 3.63) is 71.3 Å². The fourth-order valence-electron chi connectivity index (χ4n) is 2.53. The van der Waals surface area contributed by atoms with Crippen LogP contribution in [0.25, 0.3) is 0 Å². The summed E-state index contributed by atoms with van der Waals surface area (Å²) < 4.78 is 16.0. The Balaban J connectivity index is 1.97. The molecule has 0 spiro atoms. The lowest BCUT2D eigenvalue weighted by molar-refractivity contribution is -0.121. The average Bonchev–Trinajstić information content (AvgIpc) is 2.63. The SMILES string of the molecule is COC(OC)C(Cc1ccc(C)cc1)NC(=O)OCc1ccccc1. The minimum absolute atomic E-state index is 0.217. The quantitative estimate of drug-likeness (QED) is 0.746. The molecule has 0 saturated heterocycles. The zero-order valence-corrected chi connectivity index (χ0v) is 14.9. The molecule has 1 N–H and O–H groups in total. The van der Waals surface area contributed by atoms with Crippen molar-refractivity contribution >= 4 is 6.09 Å². The lowest BCUT2D eigenvalue weighted by Crippen LogP contribution is -2.46. The Morgan fingerprint density at radius 3 is 2.20 bits per heavy atom. The molecule has 25 heavy (non-hydrogen) atoms. The van der Waals surface area contributed by atoms with Crippen molar-refractivity contribution < 1.29 is 19.0 Å². The summed E-state index contributed by atoms with van der Waals surface area (Å²) in [6.45, 7) is 2.25. The molecule has 1 unspecified atom stereocenters. The van der Waals surface area contributed by atoms with Crippen LogP contribution in [0.2, 0.25) is 0 Å². The van der Waals surface area contributed by atoms with Crippen LogP contribution in [0, 0.1) is 6.92 Å². The first-order valence-electron chi connectivity index (χ1n) is 8.20. The number of aryl methyl sites for hydroxylation is 1. The van der Waals surface area contributed by atoms with Crippen molar-refractivity contribution in [2.45, 2.75) is 32.3 Å². The fraction of sp³-hybridized carbons (Fsp3) is 0.350. The van der Waals surface area contributed by atoms with Gasteiger partial charge in [-0.2, -0.15) is 0 Å². The second kappa shape index (κ2) is 9.81. The first-order chi connectivity index (χ1) is 12.1. The molecule has 2 aromatic carbocycles. The Bertz CT molecular complexity index is 639. The molecule has 5 nitrogen and oxygen atoms in total. The van der Waals surface area contributed by atoms with E-state index < -0.39 is 12.4 Å². The smallest absolute Gasteiger partial charge is 0.407 e. The van der Waals surface area contributed by atoms with Crippen molar-refractivity contribution in [3.8, 4) is 0 Å². The molecule has 2 rings (SSSR count). The van der Waals surface area contributed by atoms with Crippen LogP contribution in [-0.4, -0.2) is 32.6 Å². The highest BCUT2D eigenvalue weighted by Crippen LogP contribution is 2.11. The van der Waals surface area contributed by atoms with Crippen molar-refractivity contribution in [1.82, 2.24) is 5.32 Å². The molecular weight excluding hydrogens is 318 g/mol. The van der Waals surface area contributed by atoms with E-state index in [1.165, 1.54) is 5.56 Å². The molecule has 0 aliphatic heterocycles. The van der Waals surface area contributed by atoms with E-state index in [4.69, 9.17) is 14.2 Å². The molecule has 0 fully saturated rings. The Kier molecular flexibility index (Phi) is 7.44. The van der Waals surface area contributed by atoms with Gasteiger partial charge >= 0.3 is 6.09 Å². The monoisotopic (exact) mass is 343 g/mol. The number of amides is 1. The first-order valence-corrected chi connectivity index (χ1v) is 8.20. The highest BCUT2D eigenvalue weighted by molar-refractivity contribution is 5.67. The van der Waals surface area contributed by atoms with Gasteiger partial charge in [0.15, 0.2) is 6.29 Å². The van der Waals surface area contributed by atoms with E-state index in [9.17, 15) is 4.79 Å². The minimum atomic E-state index is -0.564. The van der Waals surface area contributed by atoms with Gasteiger partial charge in [-0.05, 0) is 24.5 Å². The number of nitrogens with one attached hydrogen (secondary N) is 1. The number of carbonyl (C=O) groups excluding carboxylic acids is 1. The first kappa shape index (κ1) is 19.0. The normalized spacial score (nSPS) is 12.0. The molecule has 0 radical (unpaired) electrons. The van der Waals surface area contributed by atoms with Crippen molar-refractivity contribution in [2.75, 3.05) is 14.2 Å². The van der Waals surface area contributed by atoms with Crippen LogP contribution in [0.4, 0.5) is 4.79 Å². The lowest BCUT2D eigenvalue weighted by Gasteiger charge is -2.25. The number of benzene rings is 2. The molecular formula is C20H25NO4. The predicted octanol–water partition coefficient (Wildman–Crippen LogP) is 3.45. The van der Waals surface area contributed by atoms with Crippen LogP contribution in [-0.2, 0) is 27.2 Å². The average molecular weight is 343 g/mol. The maximum atomic E-state index is 12.2. The van der Waals surface area contributed by atoms with Gasteiger partial charge in [0.2, 0.25) is 0 Å². The topological polar surface area (TPSA) is 56.8 Å². The Labute approximate surface area is 148 Å². The van der Waals surface area contributed by atoms with Crippen LogP contribution in [0.1, 0.15) is 16.7 Å². The van der Waals surface area contributed by atoms with Gasteiger partial charge in [-0.1, -0.05) is 60.2 Å². The standard InChI is InChI=1S/C20H25NO4/c1-15-9-11-16(12-10-15)13-18(19(23-2)24-3)21-20(22)25-14-17-7-5-4-6-8-17/h4-12,18-19H,13-14H2,1-3H3,(H,21,22). The summed E-state index contributed by atoms with van der Waals surface area (Å²) in [5, 5.41) is 2.84. The molecule has 134 valence electrons. The Hall–Kier alpha value is -2.37. The zero-order valence-electron chi connectivity index (χ0n) is 14.9. The van der Waals surface area contributed by atoms with Gasteiger partial charge < -0.3 is 19.5 Å². The molecule has 0 saturated carbocycles. The van der Waals surface area contributed by atoms with Crippen molar-refractivity contribution in [3.63, 3.8) is 0 Å². The third-order valence-corrected chi connectivity index (χ3v) is 3.89. The van der Waals surface area contributed by atoms with Gasteiger partial charge in [0.25, 0.3) is 0 Å². The van der Waals surface area contributed by atoms with E-state index in [-0.39, 0.29) is 12.6 Å². The number of methoxy groups -OCH3 is 2. The van der Waals surface area contributed by atoms with Gasteiger partial charge in [0, 0.05) is 14.2 Å². The molecule has 0 heterocycles. The molecule has 0 aliphatic rings. The lowest BCUT2D eigenvalue weighted by atomic mass is 10.0. The highest BCUT2D eigenvalue weighted by Gasteiger charge is 2.24. The van der Waals surface area contributed by atoms with Crippen LogP contribution < -0.4 is 5.32 Å². The fourth-order valence-corrected chi connectivity index (χ4v) is 2.53. The van der Waals surface area contributed by atoms with Gasteiger partial charge in [0.1, 0.15) is 6.61 Å². The number of carbonyl (C=O) groups is 1. The van der Waals surface area contributed by atoms with Crippen LogP contribution in [0.5, 0.6) is 0 Å². The summed E-state index contributed by atoms with van der Waals surface area (Å²) in [5.41, 5.74) is 3.20. The number of ether oxygens (including phenoxy) is 3. The predicted molar refractivity (Wildman–Crippen MR) is 96.2 cm³/mol. The zero-order chi connectivity index (χ0) is 18.1. The second-order valence-corrected chi connectivity index (χ2v) is 5.84. The maximum absolute atomic E-state index is 12.2. The second-order valence-electron chi connectivity index (χ2n) is 5.84. The molecule has 0 bridgehead atoms. The summed E-state index contributed by atoms with van der Waals surface area (Å²) in [6.07, 6.45) is -0.488. The molecule has 1 amide bonds. The maximum Gasteiger partial charge on any atom is 0.407 e. The summed E-state index contributed by atoms with van der Waals surface area (Å²) in [5.74, 6) is 0. The molecule has 2 aromatic rings. The van der Waals surface area contributed by atoms with E-state index in [1.807, 2.05) is 61.5 Å². The molecule has 0 aliphatic carbocycles. The van der Waals surface area contributed by atoms with Gasteiger partial charge in [-0.3, -0.25) is 0 Å². The minimum Gasteiger partial charge on any atom is -0.445 e. The third kappa shape index (κ3) is 6.21. The highest BCUT2D eigenvalue weighted by atomic mass is 16.7. The van der Waals surface area contributed by atoms with E-state index >= 15 is 0 Å². The number of alkyl carbamates (subject to hydrolysis) is 1. The number of rotatable bonds is 8. The van der Waals surface area contributed by atoms with Gasteiger partial charge in [0.05, 0.1) is 6.04 Å². The summed E-state index contributed by atoms with van der Waals surface area (Å²) in [4.78, 5) is 12.2.